The third-order valence-electron chi connectivity index (χ3n) is 3.89. The molecule has 0 aromatic heterocycles. The molecule has 2 heterocycles. The van der Waals surface area contributed by atoms with E-state index in [1.165, 1.54) is 0 Å². The molecule has 0 aromatic rings. The van der Waals surface area contributed by atoms with Crippen LogP contribution in [0.25, 0.3) is 0 Å². The zero-order valence-corrected chi connectivity index (χ0v) is 12.6. The Morgan fingerprint density at radius 3 is 1.42 bits per heavy atom. The molecule has 3 fully saturated rings. The molecule has 1 aliphatic carbocycles. The lowest BCUT2D eigenvalue weighted by atomic mass is 9.95. The SMILES string of the molecule is O=C1OCC(C(=O)OC2CCC(OC(=O)C3COC(=O)O3)CC2)O1. The highest BCUT2D eigenvalue weighted by atomic mass is 16.8. The zero-order chi connectivity index (χ0) is 17.1. The normalized spacial score (nSPS) is 32.2. The maximum atomic E-state index is 11.8. The molecule has 2 aliphatic heterocycles. The van der Waals surface area contributed by atoms with Crippen LogP contribution in [0.15, 0.2) is 0 Å². The molecule has 0 amide bonds. The van der Waals surface area contributed by atoms with Crippen LogP contribution >= 0.6 is 0 Å². The molecule has 10 heteroatoms. The summed E-state index contributed by atoms with van der Waals surface area (Å²) in [5.41, 5.74) is 0. The Labute approximate surface area is 136 Å². The van der Waals surface area contributed by atoms with Crippen molar-refractivity contribution in [1.82, 2.24) is 0 Å². The van der Waals surface area contributed by atoms with Gasteiger partial charge in [0.15, 0.2) is 0 Å². The highest BCUT2D eigenvalue weighted by Crippen LogP contribution is 2.25. The van der Waals surface area contributed by atoms with E-state index in [0.29, 0.717) is 25.7 Å². The summed E-state index contributed by atoms with van der Waals surface area (Å²) < 4.78 is 28.9. The van der Waals surface area contributed by atoms with Gasteiger partial charge in [-0.25, -0.2) is 19.2 Å². The van der Waals surface area contributed by atoms with E-state index in [1.807, 2.05) is 0 Å². The molecule has 0 bridgehead atoms. The molecule has 10 nitrogen and oxygen atoms in total. The standard InChI is InChI=1S/C14H16O10/c15-11(9-5-19-13(17)23-9)21-7-1-2-8(4-3-7)22-12(16)10-6-20-14(18)24-10/h7-10H,1-6H2. The van der Waals surface area contributed by atoms with E-state index in [1.54, 1.807) is 0 Å². The van der Waals surface area contributed by atoms with Crippen LogP contribution in [0.5, 0.6) is 0 Å². The van der Waals surface area contributed by atoms with Gasteiger partial charge in [0.1, 0.15) is 25.4 Å². The first-order valence-electron chi connectivity index (χ1n) is 7.59. The molecule has 24 heavy (non-hydrogen) atoms. The van der Waals surface area contributed by atoms with Gasteiger partial charge in [-0.1, -0.05) is 0 Å². The summed E-state index contributed by atoms with van der Waals surface area (Å²) in [6.07, 6.45) is -2.46. The number of cyclic esters (lactones) is 4. The summed E-state index contributed by atoms with van der Waals surface area (Å²) in [4.78, 5) is 45.2. The number of ether oxygens (including phenoxy) is 6. The molecule has 2 atom stereocenters. The summed E-state index contributed by atoms with van der Waals surface area (Å²) in [6, 6.07) is 0. The van der Waals surface area contributed by atoms with Crippen LogP contribution in [0.1, 0.15) is 25.7 Å². The third kappa shape index (κ3) is 3.87. The fourth-order valence-corrected chi connectivity index (χ4v) is 2.64. The Morgan fingerprint density at radius 2 is 1.12 bits per heavy atom. The van der Waals surface area contributed by atoms with Crippen molar-refractivity contribution in [1.29, 1.82) is 0 Å². The summed E-state index contributed by atoms with van der Waals surface area (Å²) >= 11 is 0. The van der Waals surface area contributed by atoms with Crippen molar-refractivity contribution in [2.75, 3.05) is 13.2 Å². The quantitative estimate of drug-likeness (QED) is 0.524. The second-order valence-corrected chi connectivity index (χ2v) is 5.61. The summed E-state index contributed by atoms with van der Waals surface area (Å²) in [5, 5.41) is 0. The maximum absolute atomic E-state index is 11.8. The van der Waals surface area contributed by atoms with Crippen molar-refractivity contribution < 1.29 is 47.6 Å². The Bertz CT molecular complexity index is 488. The molecular weight excluding hydrogens is 328 g/mol. The minimum absolute atomic E-state index is 0.146. The Hall–Kier alpha value is -2.52. The monoisotopic (exact) mass is 344 g/mol. The third-order valence-corrected chi connectivity index (χ3v) is 3.89. The first-order chi connectivity index (χ1) is 11.5. The van der Waals surface area contributed by atoms with Crippen molar-refractivity contribution in [3.05, 3.63) is 0 Å². The minimum Gasteiger partial charge on any atom is -0.460 e. The molecule has 132 valence electrons. The van der Waals surface area contributed by atoms with Gasteiger partial charge in [-0.05, 0) is 25.7 Å². The number of hydrogen-bond donors (Lipinski definition) is 0. The van der Waals surface area contributed by atoms with Crippen LogP contribution in [0.2, 0.25) is 0 Å². The molecule has 2 unspecified atom stereocenters. The maximum Gasteiger partial charge on any atom is 0.509 e. The van der Waals surface area contributed by atoms with E-state index >= 15 is 0 Å². The van der Waals surface area contributed by atoms with E-state index in [4.69, 9.17) is 9.47 Å². The van der Waals surface area contributed by atoms with Crippen molar-refractivity contribution in [2.24, 2.45) is 0 Å². The second-order valence-electron chi connectivity index (χ2n) is 5.61. The number of carbonyl (C=O) groups is 4. The van der Waals surface area contributed by atoms with Crippen LogP contribution in [0.3, 0.4) is 0 Å². The first-order valence-corrected chi connectivity index (χ1v) is 7.59. The predicted molar refractivity (Wildman–Crippen MR) is 70.7 cm³/mol. The Morgan fingerprint density at radius 1 is 0.750 bits per heavy atom. The molecule has 3 rings (SSSR count). The highest BCUT2D eigenvalue weighted by molar-refractivity contribution is 5.80. The molecular formula is C14H16O10. The lowest BCUT2D eigenvalue weighted by Crippen LogP contribution is -2.36. The molecule has 0 N–H and O–H groups in total. The topological polar surface area (TPSA) is 124 Å². The van der Waals surface area contributed by atoms with Crippen LogP contribution < -0.4 is 0 Å². The van der Waals surface area contributed by atoms with Crippen LogP contribution in [-0.2, 0) is 38.0 Å². The van der Waals surface area contributed by atoms with Crippen LogP contribution in [-0.4, -0.2) is 61.9 Å². The largest absolute Gasteiger partial charge is 0.509 e. The van der Waals surface area contributed by atoms with E-state index in [9.17, 15) is 19.2 Å². The molecule has 0 aromatic carbocycles. The first kappa shape index (κ1) is 16.3. The van der Waals surface area contributed by atoms with Gasteiger partial charge >= 0.3 is 24.2 Å². The minimum atomic E-state index is -1.02. The van der Waals surface area contributed by atoms with Gasteiger partial charge in [0, 0.05) is 0 Å². The summed E-state index contributed by atoms with van der Waals surface area (Å²) in [6.45, 7) is -0.292. The highest BCUT2D eigenvalue weighted by Gasteiger charge is 2.37. The molecule has 0 spiro atoms. The Kier molecular flexibility index (Phi) is 4.72. The second kappa shape index (κ2) is 6.93. The average Bonchev–Trinajstić information content (AvgIpc) is 3.18. The summed E-state index contributed by atoms with van der Waals surface area (Å²) in [7, 11) is 0. The lowest BCUT2D eigenvalue weighted by Gasteiger charge is -2.28. The van der Waals surface area contributed by atoms with Crippen molar-refractivity contribution >= 4 is 24.2 Å². The van der Waals surface area contributed by atoms with Crippen molar-refractivity contribution in [3.63, 3.8) is 0 Å². The fourth-order valence-electron chi connectivity index (χ4n) is 2.64. The van der Waals surface area contributed by atoms with Crippen molar-refractivity contribution in [3.8, 4) is 0 Å². The van der Waals surface area contributed by atoms with E-state index in [-0.39, 0.29) is 25.4 Å². The van der Waals surface area contributed by atoms with Crippen molar-refractivity contribution in [2.45, 2.75) is 50.1 Å². The number of carbonyl (C=O) groups excluding carboxylic acids is 4. The van der Waals surface area contributed by atoms with E-state index < -0.39 is 36.5 Å². The zero-order valence-electron chi connectivity index (χ0n) is 12.6. The van der Waals surface area contributed by atoms with Gasteiger partial charge in [-0.2, -0.15) is 0 Å². The molecule has 3 aliphatic rings. The molecule has 1 saturated carbocycles. The fraction of sp³-hybridized carbons (Fsp3) is 0.714. The van der Waals surface area contributed by atoms with E-state index in [0.717, 1.165) is 0 Å². The number of rotatable bonds is 4. The number of hydrogen-bond acceptors (Lipinski definition) is 10. The van der Waals surface area contributed by atoms with Gasteiger partial charge < -0.3 is 28.4 Å². The molecule has 2 saturated heterocycles. The van der Waals surface area contributed by atoms with Gasteiger partial charge in [0.05, 0.1) is 0 Å². The predicted octanol–water partition coefficient (Wildman–Crippen LogP) is 0.455. The van der Waals surface area contributed by atoms with E-state index in [2.05, 4.69) is 18.9 Å². The van der Waals surface area contributed by atoms with Crippen LogP contribution in [0, 0.1) is 0 Å². The van der Waals surface area contributed by atoms with Gasteiger partial charge in [-0.15, -0.1) is 0 Å². The van der Waals surface area contributed by atoms with Gasteiger partial charge in [0.25, 0.3) is 0 Å². The smallest absolute Gasteiger partial charge is 0.460 e. The number of esters is 2. The molecule has 0 radical (unpaired) electrons. The summed E-state index contributed by atoms with van der Waals surface area (Å²) in [5.74, 6) is -1.28. The average molecular weight is 344 g/mol. The van der Waals surface area contributed by atoms with Gasteiger partial charge in [0.2, 0.25) is 12.2 Å². The van der Waals surface area contributed by atoms with Crippen LogP contribution in [0.4, 0.5) is 9.59 Å². The van der Waals surface area contributed by atoms with Gasteiger partial charge in [-0.3, -0.25) is 0 Å². The lowest BCUT2D eigenvalue weighted by molar-refractivity contribution is -0.166. The Balaban J connectivity index is 1.38.